The molecule has 0 aromatic heterocycles. The highest BCUT2D eigenvalue weighted by Crippen LogP contribution is 2.33. The Hall–Kier alpha value is 0.974. The molecular weight excluding hydrogens is 376 g/mol. The Labute approximate surface area is 160 Å². The lowest BCUT2D eigenvalue weighted by atomic mass is 10.6. The van der Waals surface area contributed by atoms with Crippen molar-refractivity contribution in [3.05, 3.63) is 0 Å². The Morgan fingerprint density at radius 1 is 0.542 bits per heavy atom. The first-order valence-electron chi connectivity index (χ1n) is 9.37. The van der Waals surface area contributed by atoms with Crippen molar-refractivity contribution in [2.24, 2.45) is 0 Å². The van der Waals surface area contributed by atoms with Gasteiger partial charge >= 0.3 is 17.1 Å². The third kappa shape index (κ3) is 9.61. The molecule has 146 valence electrons. The van der Waals surface area contributed by atoms with Gasteiger partial charge in [-0.2, -0.15) is 0 Å². The molecule has 0 fully saturated rings. The van der Waals surface area contributed by atoms with E-state index in [0.29, 0.717) is 0 Å². The van der Waals surface area contributed by atoms with E-state index in [4.69, 9.17) is 17.7 Å². The van der Waals surface area contributed by atoms with Crippen LogP contribution in [0.15, 0.2) is 0 Å². The van der Waals surface area contributed by atoms with Gasteiger partial charge in [-0.05, 0) is 39.8 Å². The van der Waals surface area contributed by atoms with Crippen molar-refractivity contribution in [2.75, 3.05) is 37.2 Å². The monoisotopic (exact) mass is 414 g/mol. The zero-order valence-electron chi connectivity index (χ0n) is 16.5. The van der Waals surface area contributed by atoms with E-state index >= 15 is 0 Å². The number of rotatable bonds is 17. The molecule has 0 radical (unpaired) electrons. The van der Waals surface area contributed by atoms with Gasteiger partial charge in [0.25, 0.3) is 0 Å². The van der Waals surface area contributed by atoms with Gasteiger partial charge in [-0.3, -0.25) is 0 Å². The minimum atomic E-state index is -2.07. The molecule has 4 nitrogen and oxygen atoms in total. The van der Waals surface area contributed by atoms with E-state index in [1.807, 2.05) is 21.6 Å². The molecule has 0 aliphatic carbocycles. The van der Waals surface area contributed by atoms with Gasteiger partial charge in [0.05, 0.1) is 0 Å². The Kier molecular flexibility index (Phi) is 15.7. The lowest BCUT2D eigenvalue weighted by molar-refractivity contribution is 0.187. The number of hydrogen-bond donors (Lipinski definition) is 0. The summed E-state index contributed by atoms with van der Waals surface area (Å²) in [4.78, 5) is 0. The van der Waals surface area contributed by atoms with Gasteiger partial charge in [-0.25, -0.2) is 0 Å². The molecule has 0 saturated heterocycles. The van der Waals surface area contributed by atoms with E-state index in [1.165, 1.54) is 0 Å². The molecule has 0 atom stereocenters. The van der Waals surface area contributed by atoms with Crippen molar-refractivity contribution in [1.29, 1.82) is 0 Å². The van der Waals surface area contributed by atoms with Gasteiger partial charge < -0.3 is 17.7 Å². The fourth-order valence-electron chi connectivity index (χ4n) is 2.76. The Morgan fingerprint density at radius 3 is 1.04 bits per heavy atom. The third-order valence-corrected chi connectivity index (χ3v) is 16.6. The molecule has 0 heterocycles. The van der Waals surface area contributed by atoms with Crippen LogP contribution in [0.25, 0.3) is 0 Å². The van der Waals surface area contributed by atoms with Crippen LogP contribution >= 0.6 is 21.6 Å². The molecule has 0 aliphatic heterocycles. The molecule has 0 N–H and O–H groups in total. The zero-order valence-corrected chi connectivity index (χ0v) is 20.2. The summed E-state index contributed by atoms with van der Waals surface area (Å²) in [6.07, 6.45) is 2.23. The molecule has 8 heteroatoms. The van der Waals surface area contributed by atoms with E-state index in [9.17, 15) is 0 Å². The standard InChI is InChI=1S/C16H38O4S2Si2/c1-7-13-23(17-9-3,18-10-4)15-21-22-16-24(14-8-2,19-11-5)20-12-6/h7-16H2,1-6H3. The summed E-state index contributed by atoms with van der Waals surface area (Å²) in [6, 6.07) is 2.13. The first kappa shape index (κ1) is 25.0. The fourth-order valence-corrected chi connectivity index (χ4v) is 16.5. The highest BCUT2D eigenvalue weighted by Gasteiger charge is 2.39. The predicted octanol–water partition coefficient (Wildman–Crippen LogP) is 5.30. The van der Waals surface area contributed by atoms with Gasteiger partial charge in [-0.15, -0.1) is 0 Å². The quantitative estimate of drug-likeness (QED) is 0.183. The predicted molar refractivity (Wildman–Crippen MR) is 113 cm³/mol. The zero-order chi connectivity index (χ0) is 18.3. The molecule has 24 heavy (non-hydrogen) atoms. The van der Waals surface area contributed by atoms with Crippen molar-refractivity contribution >= 4 is 38.7 Å². The van der Waals surface area contributed by atoms with Crippen LogP contribution in [0.5, 0.6) is 0 Å². The number of hydrogen-bond acceptors (Lipinski definition) is 6. The molecule has 0 unspecified atom stereocenters. The third-order valence-electron chi connectivity index (χ3n) is 3.53. The van der Waals surface area contributed by atoms with Gasteiger partial charge in [0.15, 0.2) is 0 Å². The van der Waals surface area contributed by atoms with Gasteiger partial charge in [0.2, 0.25) is 0 Å². The second-order valence-corrected chi connectivity index (χ2v) is 15.6. The second-order valence-electron chi connectivity index (χ2n) is 5.58. The second kappa shape index (κ2) is 15.1. The SMILES string of the molecule is CCC[Si](CSSC[Si](CCC)(OCC)OCC)(OCC)OCC. The van der Waals surface area contributed by atoms with Crippen LogP contribution in [0.2, 0.25) is 12.1 Å². The van der Waals surface area contributed by atoms with Crippen molar-refractivity contribution < 1.29 is 17.7 Å². The lowest BCUT2D eigenvalue weighted by Crippen LogP contribution is -2.46. The normalized spacial score (nSPS) is 12.8. The summed E-state index contributed by atoms with van der Waals surface area (Å²) in [5.41, 5.74) is 0. The van der Waals surface area contributed by atoms with Crippen molar-refractivity contribution in [1.82, 2.24) is 0 Å². The molecule has 0 saturated carbocycles. The average molecular weight is 415 g/mol. The summed E-state index contributed by atoms with van der Waals surface area (Å²) in [6.45, 7) is 15.6. The topological polar surface area (TPSA) is 36.9 Å². The summed E-state index contributed by atoms with van der Waals surface area (Å²) < 4.78 is 24.5. The lowest BCUT2D eigenvalue weighted by Gasteiger charge is -2.31. The first-order valence-corrected chi connectivity index (χ1v) is 16.3. The largest absolute Gasteiger partial charge is 0.394 e. The van der Waals surface area contributed by atoms with Crippen LogP contribution in [-0.2, 0) is 17.7 Å². The van der Waals surface area contributed by atoms with Crippen LogP contribution in [0.1, 0.15) is 54.4 Å². The van der Waals surface area contributed by atoms with E-state index < -0.39 is 17.1 Å². The molecule has 0 aromatic rings. The average Bonchev–Trinajstić information content (AvgIpc) is 2.53. The summed E-state index contributed by atoms with van der Waals surface area (Å²) in [5, 5.41) is 1.95. The highest BCUT2D eigenvalue weighted by molar-refractivity contribution is 8.77. The maximum absolute atomic E-state index is 6.12. The molecule has 0 spiro atoms. The van der Waals surface area contributed by atoms with Gasteiger partial charge in [-0.1, -0.05) is 48.3 Å². The smallest absolute Gasteiger partial charge is 0.349 e. The van der Waals surface area contributed by atoms with Crippen LogP contribution in [0.3, 0.4) is 0 Å². The first-order chi connectivity index (χ1) is 11.6. The summed E-state index contributed by atoms with van der Waals surface area (Å²) >= 11 is 0. The van der Waals surface area contributed by atoms with E-state index in [-0.39, 0.29) is 0 Å². The van der Waals surface area contributed by atoms with Crippen molar-refractivity contribution in [3.8, 4) is 0 Å². The molecule has 0 rings (SSSR count). The van der Waals surface area contributed by atoms with E-state index in [1.54, 1.807) is 0 Å². The Morgan fingerprint density at radius 2 is 0.833 bits per heavy atom. The Bertz CT molecular complexity index is 237. The van der Waals surface area contributed by atoms with Gasteiger partial charge in [0.1, 0.15) is 0 Å². The molecule has 0 bridgehead atoms. The maximum Gasteiger partial charge on any atom is 0.349 e. The highest BCUT2D eigenvalue weighted by atomic mass is 33.1. The van der Waals surface area contributed by atoms with Crippen LogP contribution in [0.4, 0.5) is 0 Å². The van der Waals surface area contributed by atoms with E-state index in [0.717, 1.165) is 62.1 Å². The van der Waals surface area contributed by atoms with E-state index in [2.05, 4.69) is 41.5 Å². The Balaban J connectivity index is 4.64. The summed E-state index contributed by atoms with van der Waals surface area (Å²) in [5.74, 6) is 0. The summed E-state index contributed by atoms with van der Waals surface area (Å²) in [7, 11) is -0.368. The van der Waals surface area contributed by atoms with Crippen LogP contribution in [0, 0.1) is 0 Å². The maximum atomic E-state index is 6.12. The molecular formula is C16H38O4S2Si2. The van der Waals surface area contributed by atoms with Gasteiger partial charge in [0, 0.05) is 37.2 Å². The molecule has 0 amide bonds. The van der Waals surface area contributed by atoms with Crippen molar-refractivity contribution in [2.45, 2.75) is 66.5 Å². The minimum absolute atomic E-state index is 0.740. The van der Waals surface area contributed by atoms with Crippen LogP contribution < -0.4 is 0 Å². The minimum Gasteiger partial charge on any atom is -0.394 e. The fraction of sp³-hybridized carbons (Fsp3) is 1.00. The molecule has 0 aliphatic rings. The molecule has 0 aromatic carbocycles. The van der Waals surface area contributed by atoms with Crippen LogP contribution in [-0.4, -0.2) is 54.3 Å². The van der Waals surface area contributed by atoms with Crippen molar-refractivity contribution in [3.63, 3.8) is 0 Å².